The minimum Gasteiger partial charge on any atom is -0.484 e. The molecule has 0 aliphatic carbocycles. The Morgan fingerprint density at radius 1 is 1.14 bits per heavy atom. The van der Waals surface area contributed by atoms with Crippen LogP contribution in [0.25, 0.3) is 0 Å². The summed E-state index contributed by atoms with van der Waals surface area (Å²) in [5.74, 6) is 0.342. The number of halogens is 3. The fourth-order valence-corrected chi connectivity index (χ4v) is 3.44. The van der Waals surface area contributed by atoms with Gasteiger partial charge in [-0.25, -0.2) is 0 Å². The molecule has 0 bridgehead atoms. The first-order valence-corrected chi connectivity index (χ1v) is 9.12. The number of likely N-dealkylation sites (tertiary alicyclic amines) is 1. The lowest BCUT2D eigenvalue weighted by atomic mass is 9.95. The highest BCUT2D eigenvalue weighted by Crippen LogP contribution is 2.34. The molecule has 1 amide bonds. The monoisotopic (exact) mass is 393 g/mol. The van der Waals surface area contributed by atoms with Crippen molar-refractivity contribution in [2.45, 2.75) is 25.6 Å². The van der Waals surface area contributed by atoms with Crippen LogP contribution in [0.4, 0.5) is 13.2 Å². The number of amides is 1. The van der Waals surface area contributed by atoms with Gasteiger partial charge >= 0.3 is 6.18 Å². The summed E-state index contributed by atoms with van der Waals surface area (Å²) in [5.41, 5.74) is 0.421. The van der Waals surface area contributed by atoms with E-state index in [1.54, 1.807) is 35.2 Å². The average molecular weight is 393 g/mol. The second-order valence-corrected chi connectivity index (χ2v) is 6.94. The summed E-state index contributed by atoms with van der Waals surface area (Å²) in [4.78, 5) is 14.0. The molecular formula is C21H22F3NO3. The molecule has 0 unspecified atom stereocenters. The highest BCUT2D eigenvalue weighted by atomic mass is 19.4. The number of aliphatic hydroxyl groups is 1. The normalized spacial score (nSPS) is 17.0. The standard InChI is InChI=1S/C21H22F3NO3/c22-21(23,24)19-4-2-1-3-17(19)11-16-9-10-25(12-16)20(27)14-28-18-7-5-15(13-26)6-8-18/h1-8,16,26H,9-14H2/t16-/m1/s1. The molecule has 0 aromatic heterocycles. The van der Waals surface area contributed by atoms with Gasteiger partial charge in [-0.1, -0.05) is 30.3 Å². The van der Waals surface area contributed by atoms with Crippen LogP contribution in [-0.4, -0.2) is 35.6 Å². The van der Waals surface area contributed by atoms with E-state index in [0.29, 0.717) is 31.7 Å². The number of benzene rings is 2. The maximum atomic E-state index is 13.1. The van der Waals surface area contributed by atoms with E-state index in [9.17, 15) is 18.0 Å². The van der Waals surface area contributed by atoms with Crippen molar-refractivity contribution in [3.05, 3.63) is 65.2 Å². The Labute approximate surface area is 161 Å². The molecule has 0 radical (unpaired) electrons. The number of hydrogen-bond acceptors (Lipinski definition) is 3. The summed E-state index contributed by atoms with van der Waals surface area (Å²) in [6.45, 7) is 0.762. The Balaban J connectivity index is 1.53. The zero-order valence-electron chi connectivity index (χ0n) is 15.3. The molecule has 1 heterocycles. The van der Waals surface area contributed by atoms with Gasteiger partial charge in [0.2, 0.25) is 0 Å². The number of ether oxygens (including phenoxy) is 1. The van der Waals surface area contributed by atoms with Crippen molar-refractivity contribution in [2.75, 3.05) is 19.7 Å². The zero-order chi connectivity index (χ0) is 20.1. The third-order valence-electron chi connectivity index (χ3n) is 4.94. The first-order valence-electron chi connectivity index (χ1n) is 9.12. The van der Waals surface area contributed by atoms with E-state index in [-0.39, 0.29) is 30.6 Å². The van der Waals surface area contributed by atoms with Crippen molar-refractivity contribution in [1.82, 2.24) is 4.90 Å². The largest absolute Gasteiger partial charge is 0.484 e. The Kier molecular flexibility index (Phi) is 6.24. The molecule has 1 atom stereocenters. The van der Waals surface area contributed by atoms with Crippen LogP contribution in [0.3, 0.4) is 0 Å². The summed E-state index contributed by atoms with van der Waals surface area (Å²) in [6.07, 6.45) is -3.41. The number of carbonyl (C=O) groups is 1. The molecule has 3 rings (SSSR count). The van der Waals surface area contributed by atoms with Crippen molar-refractivity contribution < 1.29 is 27.8 Å². The lowest BCUT2D eigenvalue weighted by Crippen LogP contribution is -2.33. The number of hydrogen-bond donors (Lipinski definition) is 1. The molecule has 1 fully saturated rings. The molecule has 4 nitrogen and oxygen atoms in total. The SMILES string of the molecule is O=C(COc1ccc(CO)cc1)N1CC[C@H](Cc2ccccc2C(F)(F)F)C1. The Bertz CT molecular complexity index is 805. The molecule has 1 aliphatic rings. The van der Waals surface area contributed by atoms with Gasteiger partial charge < -0.3 is 14.7 Å². The van der Waals surface area contributed by atoms with E-state index in [1.807, 2.05) is 0 Å². The lowest BCUT2D eigenvalue weighted by molar-refractivity contribution is -0.138. The summed E-state index contributed by atoms with van der Waals surface area (Å²) in [5, 5.41) is 9.02. The van der Waals surface area contributed by atoms with E-state index < -0.39 is 11.7 Å². The van der Waals surface area contributed by atoms with Gasteiger partial charge in [0.25, 0.3) is 5.91 Å². The molecule has 150 valence electrons. The van der Waals surface area contributed by atoms with Crippen molar-refractivity contribution in [2.24, 2.45) is 5.92 Å². The third kappa shape index (κ3) is 5.04. The highest BCUT2D eigenvalue weighted by molar-refractivity contribution is 5.78. The van der Waals surface area contributed by atoms with Crippen molar-refractivity contribution in [3.8, 4) is 5.75 Å². The Hall–Kier alpha value is -2.54. The molecule has 1 saturated heterocycles. The summed E-state index contributed by atoms with van der Waals surface area (Å²) in [6, 6.07) is 12.4. The van der Waals surface area contributed by atoms with Gasteiger partial charge in [0.1, 0.15) is 5.75 Å². The van der Waals surface area contributed by atoms with Gasteiger partial charge in [-0.05, 0) is 48.1 Å². The molecule has 0 saturated carbocycles. The molecule has 1 aliphatic heterocycles. The van der Waals surface area contributed by atoms with E-state index >= 15 is 0 Å². The van der Waals surface area contributed by atoms with E-state index in [0.717, 1.165) is 11.6 Å². The van der Waals surface area contributed by atoms with E-state index in [1.165, 1.54) is 12.1 Å². The van der Waals surface area contributed by atoms with Gasteiger partial charge in [0.15, 0.2) is 6.61 Å². The summed E-state index contributed by atoms with van der Waals surface area (Å²) >= 11 is 0. The van der Waals surface area contributed by atoms with Gasteiger partial charge in [0.05, 0.1) is 12.2 Å². The fourth-order valence-electron chi connectivity index (χ4n) is 3.44. The van der Waals surface area contributed by atoms with Gasteiger partial charge in [0, 0.05) is 13.1 Å². The van der Waals surface area contributed by atoms with Crippen LogP contribution in [0.2, 0.25) is 0 Å². The third-order valence-corrected chi connectivity index (χ3v) is 4.94. The summed E-state index contributed by atoms with van der Waals surface area (Å²) < 4.78 is 44.9. The molecule has 2 aromatic carbocycles. The fraction of sp³-hybridized carbons (Fsp3) is 0.381. The predicted octanol–water partition coefficient (Wildman–Crippen LogP) is 3.67. The molecule has 7 heteroatoms. The smallest absolute Gasteiger partial charge is 0.416 e. The highest BCUT2D eigenvalue weighted by Gasteiger charge is 2.34. The maximum absolute atomic E-state index is 13.1. The molecule has 2 aromatic rings. The number of carbonyl (C=O) groups excluding carboxylic acids is 1. The van der Waals surface area contributed by atoms with Crippen molar-refractivity contribution in [1.29, 1.82) is 0 Å². The van der Waals surface area contributed by atoms with E-state index in [4.69, 9.17) is 9.84 Å². The Morgan fingerprint density at radius 2 is 1.86 bits per heavy atom. The van der Waals surface area contributed by atoms with Crippen LogP contribution in [0.1, 0.15) is 23.1 Å². The van der Waals surface area contributed by atoms with Crippen LogP contribution >= 0.6 is 0 Å². The summed E-state index contributed by atoms with van der Waals surface area (Å²) in [7, 11) is 0. The topological polar surface area (TPSA) is 49.8 Å². The second kappa shape index (κ2) is 8.65. The second-order valence-electron chi connectivity index (χ2n) is 6.94. The quantitative estimate of drug-likeness (QED) is 0.815. The van der Waals surface area contributed by atoms with Gasteiger partial charge in [-0.3, -0.25) is 4.79 Å². The van der Waals surface area contributed by atoms with Crippen molar-refractivity contribution >= 4 is 5.91 Å². The maximum Gasteiger partial charge on any atom is 0.416 e. The minimum absolute atomic E-state index is 0.00344. The number of alkyl halides is 3. The minimum atomic E-state index is -4.37. The van der Waals surface area contributed by atoms with Crippen LogP contribution in [0.5, 0.6) is 5.75 Å². The van der Waals surface area contributed by atoms with Crippen LogP contribution in [-0.2, 0) is 24.0 Å². The Morgan fingerprint density at radius 3 is 2.54 bits per heavy atom. The molecule has 1 N–H and O–H groups in total. The van der Waals surface area contributed by atoms with Crippen LogP contribution in [0.15, 0.2) is 48.5 Å². The van der Waals surface area contributed by atoms with Gasteiger partial charge in [-0.2, -0.15) is 13.2 Å². The lowest BCUT2D eigenvalue weighted by Gasteiger charge is -2.18. The first kappa shape index (κ1) is 20.2. The van der Waals surface area contributed by atoms with Gasteiger partial charge in [-0.15, -0.1) is 0 Å². The van der Waals surface area contributed by atoms with Crippen molar-refractivity contribution in [3.63, 3.8) is 0 Å². The van der Waals surface area contributed by atoms with Crippen LogP contribution < -0.4 is 4.74 Å². The molecular weight excluding hydrogens is 371 g/mol. The number of aliphatic hydroxyl groups excluding tert-OH is 1. The number of nitrogens with zero attached hydrogens (tertiary/aromatic N) is 1. The zero-order valence-corrected chi connectivity index (χ0v) is 15.3. The average Bonchev–Trinajstić information content (AvgIpc) is 3.14. The molecule has 0 spiro atoms. The van der Waals surface area contributed by atoms with Crippen LogP contribution in [0, 0.1) is 5.92 Å². The number of rotatable bonds is 6. The molecule has 28 heavy (non-hydrogen) atoms. The predicted molar refractivity (Wildman–Crippen MR) is 97.7 cm³/mol. The van der Waals surface area contributed by atoms with E-state index in [2.05, 4.69) is 0 Å². The first-order chi connectivity index (χ1) is 13.4.